The molecule has 0 radical (unpaired) electrons. The van der Waals surface area contributed by atoms with E-state index < -0.39 is 0 Å². The summed E-state index contributed by atoms with van der Waals surface area (Å²) in [6.45, 7) is 2.26. The highest BCUT2D eigenvalue weighted by atomic mass is 35.5. The highest BCUT2D eigenvalue weighted by molar-refractivity contribution is 6.42. The molecule has 3 aromatic rings. The summed E-state index contributed by atoms with van der Waals surface area (Å²) in [6, 6.07) is 14.4. The molecule has 1 aliphatic rings. The van der Waals surface area contributed by atoms with E-state index in [1.54, 1.807) is 34.1 Å². The Bertz CT molecular complexity index is 1160. The van der Waals surface area contributed by atoms with Gasteiger partial charge in [-0.1, -0.05) is 35.3 Å². The van der Waals surface area contributed by atoms with Crippen molar-refractivity contribution in [1.29, 1.82) is 0 Å². The molecular weight excluding hydrogens is 466 g/mol. The van der Waals surface area contributed by atoms with Gasteiger partial charge >= 0.3 is 0 Å². The maximum atomic E-state index is 13.4. The average molecular weight is 489 g/mol. The average Bonchev–Trinajstić information content (AvgIpc) is 3.55. The van der Waals surface area contributed by atoms with Gasteiger partial charge in [0.1, 0.15) is 23.9 Å². The molecule has 2 amide bonds. The number of carbonyl (C=O) groups is 2. The topological polar surface area (TPSA) is 53.8 Å². The van der Waals surface area contributed by atoms with Gasteiger partial charge in [-0.3, -0.25) is 9.59 Å². The Balaban J connectivity index is 1.54. The van der Waals surface area contributed by atoms with Crippen LogP contribution in [0.1, 0.15) is 40.3 Å². The smallest absolute Gasteiger partial charge is 0.254 e. The van der Waals surface area contributed by atoms with E-state index in [1.807, 2.05) is 19.1 Å². The maximum Gasteiger partial charge on any atom is 0.254 e. The van der Waals surface area contributed by atoms with Crippen molar-refractivity contribution in [2.24, 2.45) is 0 Å². The SMILES string of the molecule is Cc1ccc(CN(Cc2ccc(F)cc2)C(=O)CN(C(=O)c2ccc(Cl)c(Cl)c2)C2CC2)o1. The number of hydrogen-bond donors (Lipinski definition) is 0. The molecule has 1 heterocycles. The van der Waals surface area contributed by atoms with Gasteiger partial charge in [-0.25, -0.2) is 4.39 Å². The summed E-state index contributed by atoms with van der Waals surface area (Å²) >= 11 is 12.1. The van der Waals surface area contributed by atoms with Crippen molar-refractivity contribution in [3.63, 3.8) is 0 Å². The summed E-state index contributed by atoms with van der Waals surface area (Å²) in [5, 5.41) is 0.650. The zero-order valence-corrected chi connectivity index (χ0v) is 19.6. The molecule has 0 atom stereocenters. The number of halogens is 3. The van der Waals surface area contributed by atoms with Crippen molar-refractivity contribution < 1.29 is 18.4 Å². The van der Waals surface area contributed by atoms with Gasteiger partial charge in [-0.15, -0.1) is 0 Å². The van der Waals surface area contributed by atoms with Crippen LogP contribution in [0.3, 0.4) is 0 Å². The summed E-state index contributed by atoms with van der Waals surface area (Å²) in [7, 11) is 0. The van der Waals surface area contributed by atoms with E-state index >= 15 is 0 Å². The largest absolute Gasteiger partial charge is 0.464 e. The van der Waals surface area contributed by atoms with Crippen molar-refractivity contribution in [1.82, 2.24) is 9.80 Å². The zero-order valence-electron chi connectivity index (χ0n) is 18.1. The van der Waals surface area contributed by atoms with E-state index in [0.29, 0.717) is 16.3 Å². The van der Waals surface area contributed by atoms with Gasteiger partial charge in [0.05, 0.1) is 16.6 Å². The number of amides is 2. The number of rotatable bonds is 8. The van der Waals surface area contributed by atoms with Crippen LogP contribution >= 0.6 is 23.2 Å². The van der Waals surface area contributed by atoms with Crippen LogP contribution in [0.25, 0.3) is 0 Å². The quantitative estimate of drug-likeness (QED) is 0.398. The second-order valence-corrected chi connectivity index (χ2v) is 9.00. The maximum absolute atomic E-state index is 13.4. The minimum absolute atomic E-state index is 0.00873. The van der Waals surface area contributed by atoms with Crippen molar-refractivity contribution >= 4 is 35.0 Å². The minimum Gasteiger partial charge on any atom is -0.464 e. The third-order valence-corrected chi connectivity index (χ3v) is 6.24. The first-order chi connectivity index (χ1) is 15.8. The second kappa shape index (κ2) is 9.98. The number of hydrogen-bond acceptors (Lipinski definition) is 3. The van der Waals surface area contributed by atoms with Crippen molar-refractivity contribution in [3.05, 3.63) is 93.1 Å². The third kappa shape index (κ3) is 5.95. The van der Waals surface area contributed by atoms with Gasteiger partial charge in [0, 0.05) is 18.2 Å². The third-order valence-electron chi connectivity index (χ3n) is 5.50. The van der Waals surface area contributed by atoms with E-state index in [-0.39, 0.29) is 48.3 Å². The predicted molar refractivity (Wildman–Crippen MR) is 125 cm³/mol. The number of nitrogens with zero attached hydrogens (tertiary/aromatic N) is 2. The lowest BCUT2D eigenvalue weighted by Gasteiger charge is -2.27. The lowest BCUT2D eigenvalue weighted by atomic mass is 10.1. The lowest BCUT2D eigenvalue weighted by Crippen LogP contribution is -2.43. The highest BCUT2D eigenvalue weighted by Crippen LogP contribution is 2.30. The summed E-state index contributed by atoms with van der Waals surface area (Å²) in [6.07, 6.45) is 1.69. The Morgan fingerprint density at radius 1 is 1.00 bits per heavy atom. The molecule has 8 heteroatoms. The number of carbonyl (C=O) groups excluding carboxylic acids is 2. The van der Waals surface area contributed by atoms with Gasteiger partial charge in [0.15, 0.2) is 0 Å². The van der Waals surface area contributed by atoms with Crippen LogP contribution in [0.15, 0.2) is 59.0 Å². The van der Waals surface area contributed by atoms with Gasteiger partial charge in [-0.05, 0) is 67.8 Å². The second-order valence-electron chi connectivity index (χ2n) is 8.18. The summed E-state index contributed by atoms with van der Waals surface area (Å²) in [5.74, 6) is 0.546. The molecule has 0 N–H and O–H groups in total. The summed E-state index contributed by atoms with van der Waals surface area (Å²) in [4.78, 5) is 29.8. The standard InChI is InChI=1S/C25H23Cl2FN2O3/c1-16-2-10-21(33-16)14-29(13-17-3-6-19(28)7-4-17)24(31)15-30(20-8-9-20)25(32)18-5-11-22(26)23(27)12-18/h2-7,10-12,20H,8-9,13-15H2,1H3. The normalized spacial score (nSPS) is 13.1. The van der Waals surface area contributed by atoms with Crippen LogP contribution in [0.5, 0.6) is 0 Å². The van der Waals surface area contributed by atoms with E-state index in [0.717, 1.165) is 24.2 Å². The van der Waals surface area contributed by atoms with Crippen LogP contribution in [0, 0.1) is 12.7 Å². The van der Waals surface area contributed by atoms with E-state index in [1.165, 1.54) is 18.2 Å². The first-order valence-corrected chi connectivity index (χ1v) is 11.4. The van der Waals surface area contributed by atoms with Crippen LogP contribution < -0.4 is 0 Å². The van der Waals surface area contributed by atoms with Crippen LogP contribution in [-0.4, -0.2) is 34.2 Å². The summed E-state index contributed by atoms with van der Waals surface area (Å²) in [5.41, 5.74) is 1.16. The molecule has 172 valence electrons. The molecule has 0 unspecified atom stereocenters. The molecular formula is C25H23Cl2FN2O3. The number of benzene rings is 2. The van der Waals surface area contributed by atoms with Gasteiger partial charge in [0.2, 0.25) is 5.91 Å². The Kier molecular flexibility index (Phi) is 7.05. The monoisotopic (exact) mass is 488 g/mol. The molecule has 0 bridgehead atoms. The Labute approximate surface area is 201 Å². The molecule has 2 aromatic carbocycles. The molecule has 5 nitrogen and oxygen atoms in total. The summed E-state index contributed by atoms with van der Waals surface area (Å²) < 4.78 is 19.0. The van der Waals surface area contributed by atoms with Crippen LogP contribution in [-0.2, 0) is 17.9 Å². The Hall–Kier alpha value is -2.83. The number of aryl methyl sites for hydroxylation is 1. The van der Waals surface area contributed by atoms with Crippen LogP contribution in [0.2, 0.25) is 10.0 Å². The molecule has 1 aromatic heterocycles. The molecule has 33 heavy (non-hydrogen) atoms. The fourth-order valence-corrected chi connectivity index (χ4v) is 3.89. The first-order valence-electron chi connectivity index (χ1n) is 10.6. The minimum atomic E-state index is -0.342. The molecule has 0 aliphatic heterocycles. The Morgan fingerprint density at radius 2 is 1.73 bits per heavy atom. The molecule has 0 saturated heterocycles. The lowest BCUT2D eigenvalue weighted by molar-refractivity contribution is -0.133. The van der Waals surface area contributed by atoms with E-state index in [2.05, 4.69) is 0 Å². The molecule has 1 aliphatic carbocycles. The fourth-order valence-electron chi connectivity index (χ4n) is 3.59. The zero-order chi connectivity index (χ0) is 23.5. The Morgan fingerprint density at radius 3 is 2.33 bits per heavy atom. The van der Waals surface area contributed by atoms with Crippen LogP contribution in [0.4, 0.5) is 4.39 Å². The van der Waals surface area contributed by atoms with Crippen molar-refractivity contribution in [2.75, 3.05) is 6.54 Å². The van der Waals surface area contributed by atoms with Crippen molar-refractivity contribution in [3.8, 4) is 0 Å². The first kappa shape index (κ1) is 23.3. The molecule has 0 spiro atoms. The van der Waals surface area contributed by atoms with Gasteiger partial charge in [-0.2, -0.15) is 0 Å². The van der Waals surface area contributed by atoms with Gasteiger partial charge in [0.25, 0.3) is 5.91 Å². The van der Waals surface area contributed by atoms with E-state index in [9.17, 15) is 14.0 Å². The highest BCUT2D eigenvalue weighted by Gasteiger charge is 2.35. The van der Waals surface area contributed by atoms with E-state index in [4.69, 9.17) is 27.6 Å². The number of furan rings is 1. The molecule has 1 fully saturated rings. The van der Waals surface area contributed by atoms with Gasteiger partial charge < -0.3 is 14.2 Å². The van der Waals surface area contributed by atoms with Crippen molar-refractivity contribution in [2.45, 2.75) is 38.9 Å². The predicted octanol–water partition coefficient (Wildman–Crippen LogP) is 5.87. The fraction of sp³-hybridized carbons (Fsp3) is 0.280. The molecule has 1 saturated carbocycles. The molecule has 4 rings (SSSR count).